The lowest BCUT2D eigenvalue weighted by molar-refractivity contribution is -0.000763. The Kier molecular flexibility index (Phi) is 5.56. The molecule has 2 rings (SSSR count). The molecule has 1 atom stereocenters. The molecule has 1 aliphatic rings. The number of rotatable bonds is 6. The van der Waals surface area contributed by atoms with E-state index in [-0.39, 0.29) is 0 Å². The minimum Gasteiger partial charge on any atom is -0.378 e. The Balaban J connectivity index is 1.73. The summed E-state index contributed by atoms with van der Waals surface area (Å²) >= 11 is 1.74. The Morgan fingerprint density at radius 2 is 2.33 bits per heavy atom. The molecule has 1 aromatic rings. The maximum absolute atomic E-state index is 5.82. The Bertz CT molecular complexity index is 323. The van der Waals surface area contributed by atoms with Gasteiger partial charge >= 0.3 is 0 Å². The van der Waals surface area contributed by atoms with E-state index in [1.807, 2.05) is 6.20 Å². The van der Waals surface area contributed by atoms with E-state index in [4.69, 9.17) is 10.5 Å². The molecule has 1 saturated heterocycles. The number of ether oxygens (including phenoxy) is 1. The molecule has 0 spiro atoms. The minimum atomic E-state index is 0.427. The normalized spacial score (nSPS) is 20.1. The summed E-state index contributed by atoms with van der Waals surface area (Å²) in [6.45, 7) is 5.99. The number of thiazole rings is 1. The third kappa shape index (κ3) is 3.75. The molecule has 0 aliphatic carbocycles. The van der Waals surface area contributed by atoms with Crippen molar-refractivity contribution in [1.29, 1.82) is 0 Å². The summed E-state index contributed by atoms with van der Waals surface area (Å²) in [6, 6.07) is 0.440. The lowest BCUT2D eigenvalue weighted by atomic mass is 10.1. The number of nitrogens with two attached hydrogens (primary N) is 1. The zero-order chi connectivity index (χ0) is 12.8. The van der Waals surface area contributed by atoms with Crippen LogP contribution < -0.4 is 5.73 Å². The van der Waals surface area contributed by atoms with Crippen LogP contribution in [0.3, 0.4) is 0 Å². The summed E-state index contributed by atoms with van der Waals surface area (Å²) < 4.78 is 5.82. The van der Waals surface area contributed by atoms with Gasteiger partial charge in [-0.3, -0.25) is 4.90 Å². The van der Waals surface area contributed by atoms with Gasteiger partial charge in [-0.1, -0.05) is 0 Å². The Labute approximate surface area is 113 Å². The first-order valence-corrected chi connectivity index (χ1v) is 7.64. The number of piperidine rings is 1. The fraction of sp³-hybridized carbons (Fsp3) is 0.769. The molecule has 1 aliphatic heterocycles. The van der Waals surface area contributed by atoms with Crippen molar-refractivity contribution in [1.82, 2.24) is 9.88 Å². The van der Waals surface area contributed by atoms with Crippen LogP contribution in [0, 0.1) is 0 Å². The maximum atomic E-state index is 5.82. The van der Waals surface area contributed by atoms with Crippen molar-refractivity contribution in [2.75, 3.05) is 26.2 Å². The zero-order valence-electron chi connectivity index (χ0n) is 11.0. The van der Waals surface area contributed by atoms with Crippen molar-refractivity contribution in [3.8, 4) is 0 Å². The van der Waals surface area contributed by atoms with E-state index in [0.29, 0.717) is 12.1 Å². The van der Waals surface area contributed by atoms with Crippen LogP contribution >= 0.6 is 11.3 Å². The van der Waals surface area contributed by atoms with E-state index in [2.05, 4.69) is 22.2 Å². The zero-order valence-corrected chi connectivity index (χ0v) is 11.9. The van der Waals surface area contributed by atoms with Gasteiger partial charge in [-0.2, -0.15) is 0 Å². The van der Waals surface area contributed by atoms with Crippen LogP contribution in [0.5, 0.6) is 0 Å². The van der Waals surface area contributed by atoms with Crippen LogP contribution in [0.1, 0.15) is 37.2 Å². The second-order valence-corrected chi connectivity index (χ2v) is 5.72. The summed E-state index contributed by atoms with van der Waals surface area (Å²) in [5.74, 6) is 0. The quantitative estimate of drug-likeness (QED) is 0.803. The summed E-state index contributed by atoms with van der Waals surface area (Å²) in [7, 11) is 0. The van der Waals surface area contributed by atoms with Crippen molar-refractivity contribution in [2.45, 2.75) is 38.3 Å². The molecule has 2 heterocycles. The molecule has 0 aromatic carbocycles. The molecule has 5 heteroatoms. The Morgan fingerprint density at radius 3 is 2.94 bits per heavy atom. The van der Waals surface area contributed by atoms with E-state index in [1.54, 1.807) is 11.3 Å². The second-order valence-electron chi connectivity index (χ2n) is 4.79. The number of aromatic nitrogens is 1. The minimum absolute atomic E-state index is 0.427. The van der Waals surface area contributed by atoms with Gasteiger partial charge in [0.2, 0.25) is 0 Å². The first kappa shape index (κ1) is 13.9. The molecule has 0 amide bonds. The fourth-order valence-corrected chi connectivity index (χ4v) is 3.09. The lowest BCUT2D eigenvalue weighted by Gasteiger charge is -2.35. The van der Waals surface area contributed by atoms with Crippen LogP contribution in [0.25, 0.3) is 0 Å². The average Bonchev–Trinajstić information content (AvgIpc) is 2.93. The average molecular weight is 269 g/mol. The molecule has 0 bridgehead atoms. The van der Waals surface area contributed by atoms with Crippen molar-refractivity contribution in [3.63, 3.8) is 0 Å². The van der Waals surface area contributed by atoms with Gasteiger partial charge in [0.05, 0.1) is 12.1 Å². The fourth-order valence-electron chi connectivity index (χ4n) is 2.36. The number of hydrogen-bond donors (Lipinski definition) is 1. The Hall–Kier alpha value is -0.490. The molecular formula is C13H23N3OS. The van der Waals surface area contributed by atoms with E-state index in [1.165, 1.54) is 5.01 Å². The Morgan fingerprint density at radius 1 is 1.56 bits per heavy atom. The highest BCUT2D eigenvalue weighted by Crippen LogP contribution is 2.26. The van der Waals surface area contributed by atoms with Gasteiger partial charge in [0, 0.05) is 31.3 Å². The van der Waals surface area contributed by atoms with Gasteiger partial charge in [0.1, 0.15) is 5.01 Å². The SMILES string of the molecule is CC(c1nccs1)N1CCC(OCCCN)CC1. The largest absolute Gasteiger partial charge is 0.378 e. The molecular weight excluding hydrogens is 246 g/mol. The molecule has 1 fully saturated rings. The molecule has 2 N–H and O–H groups in total. The van der Waals surface area contributed by atoms with Gasteiger partial charge in [-0.15, -0.1) is 11.3 Å². The molecule has 18 heavy (non-hydrogen) atoms. The van der Waals surface area contributed by atoms with Crippen LogP contribution in [0.15, 0.2) is 11.6 Å². The van der Waals surface area contributed by atoms with Crippen molar-refractivity contribution in [2.24, 2.45) is 5.73 Å². The third-order valence-electron chi connectivity index (χ3n) is 3.54. The molecule has 1 aromatic heterocycles. The van der Waals surface area contributed by atoms with Crippen molar-refractivity contribution in [3.05, 3.63) is 16.6 Å². The first-order chi connectivity index (χ1) is 8.81. The number of hydrogen-bond acceptors (Lipinski definition) is 5. The van der Waals surface area contributed by atoms with Crippen LogP contribution in [-0.4, -0.2) is 42.2 Å². The molecule has 0 saturated carbocycles. The van der Waals surface area contributed by atoms with Gasteiger partial charge < -0.3 is 10.5 Å². The predicted octanol–water partition coefficient (Wildman–Crippen LogP) is 2.03. The van der Waals surface area contributed by atoms with Gasteiger partial charge in [-0.05, 0) is 32.7 Å². The van der Waals surface area contributed by atoms with Crippen LogP contribution in [0.4, 0.5) is 0 Å². The second kappa shape index (κ2) is 7.19. The number of nitrogens with zero attached hydrogens (tertiary/aromatic N) is 2. The topological polar surface area (TPSA) is 51.4 Å². The van der Waals surface area contributed by atoms with E-state index in [9.17, 15) is 0 Å². The molecule has 1 unspecified atom stereocenters. The number of likely N-dealkylation sites (tertiary alicyclic amines) is 1. The van der Waals surface area contributed by atoms with Crippen LogP contribution in [0.2, 0.25) is 0 Å². The van der Waals surface area contributed by atoms with E-state index >= 15 is 0 Å². The highest BCUT2D eigenvalue weighted by molar-refractivity contribution is 7.09. The monoisotopic (exact) mass is 269 g/mol. The molecule has 102 valence electrons. The highest BCUT2D eigenvalue weighted by Gasteiger charge is 2.24. The molecule has 4 nitrogen and oxygen atoms in total. The summed E-state index contributed by atoms with van der Waals surface area (Å²) in [6.07, 6.45) is 5.53. The van der Waals surface area contributed by atoms with E-state index < -0.39 is 0 Å². The predicted molar refractivity (Wildman–Crippen MR) is 74.7 cm³/mol. The van der Waals surface area contributed by atoms with Crippen molar-refractivity contribution >= 4 is 11.3 Å². The molecule has 0 radical (unpaired) electrons. The van der Waals surface area contributed by atoms with Gasteiger partial charge in [0.15, 0.2) is 0 Å². The van der Waals surface area contributed by atoms with Gasteiger partial charge in [-0.25, -0.2) is 4.98 Å². The van der Waals surface area contributed by atoms with E-state index in [0.717, 1.165) is 45.5 Å². The third-order valence-corrected chi connectivity index (χ3v) is 4.48. The van der Waals surface area contributed by atoms with Gasteiger partial charge in [0.25, 0.3) is 0 Å². The maximum Gasteiger partial charge on any atom is 0.109 e. The highest BCUT2D eigenvalue weighted by atomic mass is 32.1. The summed E-state index contributed by atoms with van der Waals surface area (Å²) in [4.78, 5) is 6.90. The van der Waals surface area contributed by atoms with Crippen molar-refractivity contribution < 1.29 is 4.74 Å². The first-order valence-electron chi connectivity index (χ1n) is 6.76. The summed E-state index contributed by atoms with van der Waals surface area (Å²) in [5, 5.41) is 3.27. The smallest absolute Gasteiger partial charge is 0.109 e. The summed E-state index contributed by atoms with van der Waals surface area (Å²) in [5.41, 5.74) is 5.47. The lowest BCUT2D eigenvalue weighted by Crippen LogP contribution is -2.38. The van der Waals surface area contributed by atoms with Crippen LogP contribution in [-0.2, 0) is 4.74 Å². The standard InChI is InChI=1S/C13H23N3OS/c1-11(13-15-6-10-18-13)16-7-3-12(4-8-16)17-9-2-5-14/h6,10-12H,2-5,7-9,14H2,1H3.